The fraction of sp³-hybridized carbons (Fsp3) is 0.0645. The number of nitrogens with zero attached hydrogens (tertiary/aromatic N) is 4. The number of aliphatic imine (C=N–C) groups is 1. The van der Waals surface area contributed by atoms with Crippen LogP contribution in [0.15, 0.2) is 88.9 Å². The number of hydrogen-bond donors (Lipinski definition) is 2. The number of nitrogens with one attached hydrogen (secondary N) is 1. The number of rotatable bonds is 6. The van der Waals surface area contributed by atoms with Gasteiger partial charge in [0.15, 0.2) is 0 Å². The molecule has 40 heavy (non-hydrogen) atoms. The number of aromatic nitrogens is 3. The summed E-state index contributed by atoms with van der Waals surface area (Å²) in [5.41, 5.74) is 10.3. The van der Waals surface area contributed by atoms with Gasteiger partial charge in [-0.2, -0.15) is 0 Å². The van der Waals surface area contributed by atoms with Crippen molar-refractivity contribution in [2.75, 3.05) is 5.73 Å². The van der Waals surface area contributed by atoms with Crippen LogP contribution in [0.1, 0.15) is 45.0 Å². The number of amides is 1. The van der Waals surface area contributed by atoms with Crippen LogP contribution in [0.4, 0.5) is 11.5 Å². The van der Waals surface area contributed by atoms with E-state index in [2.05, 4.69) is 45.4 Å². The summed E-state index contributed by atoms with van der Waals surface area (Å²) in [6.45, 7) is 9.12. The van der Waals surface area contributed by atoms with E-state index in [4.69, 9.17) is 5.73 Å². The van der Waals surface area contributed by atoms with Gasteiger partial charge in [0.25, 0.3) is 11.5 Å². The first-order valence-corrected chi connectivity index (χ1v) is 13.1. The minimum Gasteiger partial charge on any atom is -0.383 e. The molecule has 3 aromatic heterocycles. The van der Waals surface area contributed by atoms with Crippen LogP contribution in [-0.2, 0) is 0 Å². The fourth-order valence-electron chi connectivity index (χ4n) is 4.47. The summed E-state index contributed by atoms with van der Waals surface area (Å²) in [5.74, 6) is 5.74. The molecule has 0 radical (unpaired) electrons. The van der Waals surface area contributed by atoms with E-state index in [0.29, 0.717) is 33.3 Å². The number of para-hydroxylation sites is 1. The largest absolute Gasteiger partial charge is 0.383 e. The van der Waals surface area contributed by atoms with Crippen LogP contribution >= 0.6 is 11.3 Å². The highest BCUT2D eigenvalue weighted by atomic mass is 32.1. The predicted molar refractivity (Wildman–Crippen MR) is 161 cm³/mol. The Bertz CT molecular complexity index is 1880. The van der Waals surface area contributed by atoms with Crippen molar-refractivity contribution < 1.29 is 4.79 Å². The molecule has 9 heteroatoms. The Balaban J connectivity index is 1.66. The molecule has 0 spiro atoms. The van der Waals surface area contributed by atoms with Crippen LogP contribution in [0.3, 0.4) is 0 Å². The van der Waals surface area contributed by atoms with Crippen molar-refractivity contribution in [2.45, 2.75) is 13.0 Å². The van der Waals surface area contributed by atoms with Gasteiger partial charge in [0.05, 0.1) is 33.7 Å². The first kappa shape index (κ1) is 26.3. The van der Waals surface area contributed by atoms with Gasteiger partial charge in [-0.15, -0.1) is 11.3 Å². The van der Waals surface area contributed by atoms with Crippen molar-refractivity contribution in [3.05, 3.63) is 117 Å². The molecule has 1 unspecified atom stereocenters. The summed E-state index contributed by atoms with van der Waals surface area (Å²) in [4.78, 5) is 40.6. The summed E-state index contributed by atoms with van der Waals surface area (Å²) in [7, 11) is 0. The Hall–Kier alpha value is -5.33. The highest BCUT2D eigenvalue weighted by Gasteiger charge is 2.23. The van der Waals surface area contributed by atoms with Crippen LogP contribution < -0.4 is 16.6 Å². The van der Waals surface area contributed by atoms with E-state index in [1.54, 1.807) is 23.2 Å². The van der Waals surface area contributed by atoms with Crippen molar-refractivity contribution in [1.82, 2.24) is 19.9 Å². The molecule has 1 atom stereocenters. The monoisotopic (exact) mass is 544 g/mol. The maximum atomic E-state index is 14.1. The first-order valence-electron chi connectivity index (χ1n) is 12.3. The fourth-order valence-corrected chi connectivity index (χ4v) is 4.94. The van der Waals surface area contributed by atoms with Crippen LogP contribution in [0.25, 0.3) is 22.5 Å². The summed E-state index contributed by atoms with van der Waals surface area (Å²) in [6, 6.07) is 16.1. The average Bonchev–Trinajstić information content (AvgIpc) is 3.49. The number of hydrogen-bond acceptors (Lipinski definition) is 7. The highest BCUT2D eigenvalue weighted by Crippen LogP contribution is 2.29. The Labute approximate surface area is 234 Å². The lowest BCUT2D eigenvalue weighted by Gasteiger charge is -2.22. The van der Waals surface area contributed by atoms with E-state index >= 15 is 0 Å². The molecule has 8 nitrogen and oxygen atoms in total. The summed E-state index contributed by atoms with van der Waals surface area (Å²) in [5, 5.41) is 4.15. The maximum Gasteiger partial charge on any atom is 0.264 e. The number of benzene rings is 2. The molecule has 1 amide bonds. The van der Waals surface area contributed by atoms with Crippen molar-refractivity contribution in [2.24, 2.45) is 4.99 Å². The van der Waals surface area contributed by atoms with E-state index < -0.39 is 11.9 Å². The molecule has 196 valence electrons. The zero-order chi connectivity index (χ0) is 28.2. The van der Waals surface area contributed by atoms with E-state index in [9.17, 15) is 9.59 Å². The van der Waals surface area contributed by atoms with Gasteiger partial charge in [-0.25, -0.2) is 4.98 Å². The first-order chi connectivity index (χ1) is 19.4. The van der Waals surface area contributed by atoms with Crippen LogP contribution in [0, 0.1) is 11.8 Å². The lowest BCUT2D eigenvalue weighted by atomic mass is 10.0. The van der Waals surface area contributed by atoms with Crippen molar-refractivity contribution in [3.63, 3.8) is 0 Å². The summed E-state index contributed by atoms with van der Waals surface area (Å²) >= 11 is 1.43. The van der Waals surface area contributed by atoms with E-state index in [-0.39, 0.29) is 22.6 Å². The molecule has 0 saturated heterocycles. The maximum absolute atomic E-state index is 14.1. The van der Waals surface area contributed by atoms with Gasteiger partial charge in [0, 0.05) is 28.7 Å². The Morgan fingerprint density at radius 2 is 1.98 bits per heavy atom. The Kier molecular flexibility index (Phi) is 7.35. The molecule has 3 heterocycles. The van der Waals surface area contributed by atoms with Gasteiger partial charge < -0.3 is 11.1 Å². The van der Waals surface area contributed by atoms with Crippen molar-refractivity contribution in [3.8, 4) is 17.5 Å². The van der Waals surface area contributed by atoms with Gasteiger partial charge in [-0.05, 0) is 49.2 Å². The third-order valence-corrected chi connectivity index (χ3v) is 7.04. The second-order valence-corrected chi connectivity index (χ2v) is 9.70. The van der Waals surface area contributed by atoms with Crippen LogP contribution in [0.2, 0.25) is 0 Å². The molecule has 5 aromatic rings. The number of anilines is 1. The Morgan fingerprint density at radius 1 is 1.18 bits per heavy atom. The van der Waals surface area contributed by atoms with Gasteiger partial charge in [0.2, 0.25) is 0 Å². The molecule has 5 rings (SSSR count). The second-order valence-electron chi connectivity index (χ2n) is 8.81. The number of carbonyl (C=O) groups excluding carboxylic acids is 1. The van der Waals surface area contributed by atoms with Crippen molar-refractivity contribution in [1.29, 1.82) is 0 Å². The van der Waals surface area contributed by atoms with Gasteiger partial charge in [0.1, 0.15) is 11.4 Å². The van der Waals surface area contributed by atoms with E-state index in [1.807, 2.05) is 54.6 Å². The average molecular weight is 545 g/mol. The molecular formula is C31H24N6O2S. The summed E-state index contributed by atoms with van der Waals surface area (Å²) < 4.78 is 1.60. The van der Waals surface area contributed by atoms with Crippen molar-refractivity contribution >= 4 is 52.3 Å². The second kappa shape index (κ2) is 11.2. The predicted octanol–water partition coefficient (Wildman–Crippen LogP) is 5.29. The topological polar surface area (TPSA) is 115 Å². The molecule has 0 aliphatic rings. The highest BCUT2D eigenvalue weighted by molar-refractivity contribution is 7.10. The molecule has 3 N–H and O–H groups in total. The van der Waals surface area contributed by atoms with Crippen LogP contribution in [0.5, 0.6) is 0 Å². The molecule has 2 aromatic carbocycles. The number of nitrogens with two attached hydrogens (primary N) is 1. The number of thiazole rings is 1. The zero-order valence-corrected chi connectivity index (χ0v) is 22.4. The molecule has 0 aliphatic carbocycles. The number of pyridine rings is 2. The molecule has 0 fully saturated rings. The van der Waals surface area contributed by atoms with Gasteiger partial charge in [-0.3, -0.25) is 24.1 Å². The third kappa shape index (κ3) is 4.91. The normalized spacial score (nSPS) is 11.3. The number of carbonyl (C=O) groups is 1. The summed E-state index contributed by atoms with van der Waals surface area (Å²) in [6.07, 6.45) is 4.70. The molecular weight excluding hydrogens is 520 g/mol. The standard InChI is InChI=1S/C31H24N6O2S/c1-4-20-16-35-29(32)27(28(20)33-3)30(38)36-19(2)25-15-22-10-8-9-21(13-14-24-17-34-18-40-24)26(22)31(39)37(25)23-11-6-5-7-12-23/h4-12,15-19H,1,3H2,2H3,(H2,32,35)(H,36,38). The number of nitrogen functional groups attached to an aromatic ring is 1. The molecule has 0 bridgehead atoms. The minimum atomic E-state index is -0.610. The van der Waals surface area contributed by atoms with Gasteiger partial charge in [-0.1, -0.05) is 48.9 Å². The van der Waals surface area contributed by atoms with Gasteiger partial charge >= 0.3 is 0 Å². The minimum absolute atomic E-state index is 0.0146. The lowest BCUT2D eigenvalue weighted by Crippen LogP contribution is -2.32. The van der Waals surface area contributed by atoms with E-state index in [0.717, 1.165) is 4.88 Å². The zero-order valence-electron chi connectivity index (χ0n) is 21.6. The number of fused-ring (bicyclic) bond motifs is 1. The SMILES string of the molecule is C=Cc1cnc(N)c(C(=O)NC(C)c2cc3cccc(C#Cc4cncs4)c3c(=O)n2-c2ccccc2)c1N=C. The lowest BCUT2D eigenvalue weighted by molar-refractivity contribution is 0.0940. The quantitative estimate of drug-likeness (QED) is 0.223. The Morgan fingerprint density at radius 3 is 2.67 bits per heavy atom. The third-order valence-electron chi connectivity index (χ3n) is 6.35. The van der Waals surface area contributed by atoms with Crippen LogP contribution in [-0.4, -0.2) is 27.2 Å². The molecule has 0 aliphatic heterocycles. The smallest absolute Gasteiger partial charge is 0.264 e. The van der Waals surface area contributed by atoms with E-state index in [1.165, 1.54) is 23.6 Å². The molecule has 0 saturated carbocycles.